The molecule has 1 heterocycles. The number of aromatic nitrogens is 2. The summed E-state index contributed by atoms with van der Waals surface area (Å²) in [5, 5.41) is 20.7. The maximum absolute atomic E-state index is 10.9. The highest BCUT2D eigenvalue weighted by Crippen LogP contribution is 2.24. The van der Waals surface area contributed by atoms with Gasteiger partial charge in [-0.15, -0.1) is 0 Å². The largest absolute Gasteiger partial charge is 0.385 e. The smallest absolute Gasteiger partial charge is 0.273 e. The Labute approximate surface area is 115 Å². The minimum Gasteiger partial charge on any atom is -0.385 e. The van der Waals surface area contributed by atoms with Crippen molar-refractivity contribution in [2.75, 3.05) is 17.2 Å². The van der Waals surface area contributed by atoms with Crippen molar-refractivity contribution in [3.05, 3.63) is 40.0 Å². The van der Waals surface area contributed by atoms with Crippen molar-refractivity contribution in [1.82, 2.24) is 10.1 Å². The fraction of sp³-hybridized carbons (Fsp3) is 0.333. The predicted molar refractivity (Wildman–Crippen MR) is 73.6 cm³/mol. The summed E-state index contributed by atoms with van der Waals surface area (Å²) in [5.41, 5.74) is 1.33. The number of anilines is 2. The van der Waals surface area contributed by atoms with Crippen LogP contribution in [0.4, 0.5) is 17.1 Å². The molecule has 0 spiro atoms. The lowest BCUT2D eigenvalue weighted by atomic mass is 10.2. The Morgan fingerprint density at radius 1 is 1.30 bits per heavy atom. The third kappa shape index (κ3) is 3.44. The monoisotopic (exact) mass is 277 g/mol. The molecule has 2 rings (SSSR count). The Hall–Kier alpha value is -2.64. The first kappa shape index (κ1) is 13.8. The maximum atomic E-state index is 10.9. The molecular formula is C12H15N5O3. The molecule has 0 aliphatic rings. The topological polar surface area (TPSA) is 106 Å². The quantitative estimate of drug-likeness (QED) is 0.616. The van der Waals surface area contributed by atoms with Gasteiger partial charge >= 0.3 is 0 Å². The molecule has 2 N–H and O–H groups in total. The lowest BCUT2D eigenvalue weighted by Crippen LogP contribution is -2.04. The van der Waals surface area contributed by atoms with Gasteiger partial charge in [-0.05, 0) is 13.0 Å². The zero-order valence-corrected chi connectivity index (χ0v) is 11.2. The summed E-state index contributed by atoms with van der Waals surface area (Å²) in [4.78, 5) is 14.5. The molecular weight excluding hydrogens is 262 g/mol. The normalized spacial score (nSPS) is 10.3. The predicted octanol–water partition coefficient (Wildman–Crippen LogP) is 2.33. The SMILES string of the molecule is CCNc1cc(NCc2noc(C)n2)cc([N+](=O)[O-])c1. The molecule has 0 radical (unpaired) electrons. The number of nitrogens with one attached hydrogen (secondary N) is 2. The van der Waals surface area contributed by atoms with Gasteiger partial charge in [0.1, 0.15) is 0 Å². The Kier molecular flexibility index (Phi) is 4.14. The van der Waals surface area contributed by atoms with E-state index in [2.05, 4.69) is 20.8 Å². The average Bonchev–Trinajstić information content (AvgIpc) is 2.82. The van der Waals surface area contributed by atoms with Crippen LogP contribution >= 0.6 is 0 Å². The number of aryl methyl sites for hydroxylation is 1. The number of non-ortho nitro benzene ring substituents is 1. The van der Waals surface area contributed by atoms with E-state index in [0.29, 0.717) is 36.2 Å². The Morgan fingerprint density at radius 2 is 2.00 bits per heavy atom. The number of nitrogens with zero attached hydrogens (tertiary/aromatic N) is 3. The van der Waals surface area contributed by atoms with Crippen molar-refractivity contribution in [2.45, 2.75) is 20.4 Å². The van der Waals surface area contributed by atoms with Crippen molar-refractivity contribution >= 4 is 17.1 Å². The van der Waals surface area contributed by atoms with Crippen LogP contribution in [-0.4, -0.2) is 21.6 Å². The minimum atomic E-state index is -0.426. The summed E-state index contributed by atoms with van der Waals surface area (Å²) in [6, 6.07) is 4.75. The number of hydrogen-bond donors (Lipinski definition) is 2. The zero-order chi connectivity index (χ0) is 14.5. The maximum Gasteiger partial charge on any atom is 0.273 e. The highest BCUT2D eigenvalue weighted by atomic mass is 16.6. The molecule has 2 aromatic rings. The van der Waals surface area contributed by atoms with Gasteiger partial charge in [0, 0.05) is 37.0 Å². The lowest BCUT2D eigenvalue weighted by Gasteiger charge is -2.08. The molecule has 8 nitrogen and oxygen atoms in total. The van der Waals surface area contributed by atoms with Gasteiger partial charge in [-0.3, -0.25) is 10.1 Å². The van der Waals surface area contributed by atoms with Crippen LogP contribution in [0.25, 0.3) is 0 Å². The van der Waals surface area contributed by atoms with Crippen molar-refractivity contribution < 1.29 is 9.45 Å². The van der Waals surface area contributed by atoms with Crippen LogP contribution in [0.5, 0.6) is 0 Å². The molecule has 0 amide bonds. The summed E-state index contributed by atoms with van der Waals surface area (Å²) in [5.74, 6) is 0.980. The first-order valence-corrected chi connectivity index (χ1v) is 6.15. The van der Waals surface area contributed by atoms with Gasteiger partial charge in [0.25, 0.3) is 5.69 Å². The number of nitro groups is 1. The van der Waals surface area contributed by atoms with Crippen molar-refractivity contribution in [1.29, 1.82) is 0 Å². The van der Waals surface area contributed by atoms with Crippen LogP contribution in [0, 0.1) is 17.0 Å². The van der Waals surface area contributed by atoms with E-state index in [1.807, 2.05) is 6.92 Å². The molecule has 0 aliphatic carbocycles. The third-order valence-electron chi connectivity index (χ3n) is 2.53. The van der Waals surface area contributed by atoms with E-state index in [1.54, 1.807) is 13.0 Å². The highest BCUT2D eigenvalue weighted by molar-refractivity contribution is 5.63. The van der Waals surface area contributed by atoms with Crippen LogP contribution < -0.4 is 10.6 Å². The lowest BCUT2D eigenvalue weighted by molar-refractivity contribution is -0.384. The second-order valence-corrected chi connectivity index (χ2v) is 4.14. The van der Waals surface area contributed by atoms with Crippen LogP contribution in [0.1, 0.15) is 18.6 Å². The van der Waals surface area contributed by atoms with Gasteiger partial charge in [0.2, 0.25) is 5.89 Å². The molecule has 0 aliphatic heterocycles. The number of hydrogen-bond acceptors (Lipinski definition) is 7. The highest BCUT2D eigenvalue weighted by Gasteiger charge is 2.10. The standard InChI is InChI=1S/C12H15N5O3/c1-3-13-9-4-10(6-11(5-9)17(18)19)14-7-12-15-8(2)20-16-12/h4-6,13-14H,3,7H2,1-2H3. The van der Waals surface area contributed by atoms with E-state index < -0.39 is 4.92 Å². The van der Waals surface area contributed by atoms with E-state index in [0.717, 1.165) is 0 Å². The molecule has 1 aromatic heterocycles. The molecule has 0 atom stereocenters. The molecule has 0 bridgehead atoms. The molecule has 8 heteroatoms. The third-order valence-corrected chi connectivity index (χ3v) is 2.53. The van der Waals surface area contributed by atoms with Gasteiger partial charge in [-0.25, -0.2) is 0 Å². The summed E-state index contributed by atoms with van der Waals surface area (Å²) < 4.78 is 4.86. The van der Waals surface area contributed by atoms with Gasteiger partial charge < -0.3 is 15.2 Å². The van der Waals surface area contributed by atoms with Crippen LogP contribution in [0.15, 0.2) is 22.7 Å². The van der Waals surface area contributed by atoms with Gasteiger partial charge in [-0.1, -0.05) is 5.16 Å². The first-order chi connectivity index (χ1) is 9.58. The summed E-state index contributed by atoms with van der Waals surface area (Å²) in [6.07, 6.45) is 0. The molecule has 0 saturated heterocycles. The molecule has 1 aromatic carbocycles. The Balaban J connectivity index is 2.15. The fourth-order valence-electron chi connectivity index (χ4n) is 1.72. The van der Waals surface area contributed by atoms with Crippen molar-refractivity contribution in [3.8, 4) is 0 Å². The Morgan fingerprint density at radius 3 is 2.55 bits per heavy atom. The number of nitro benzene ring substituents is 1. The van der Waals surface area contributed by atoms with E-state index in [-0.39, 0.29) is 5.69 Å². The van der Waals surface area contributed by atoms with Crippen LogP contribution in [0.3, 0.4) is 0 Å². The van der Waals surface area contributed by atoms with Crippen LogP contribution in [0.2, 0.25) is 0 Å². The van der Waals surface area contributed by atoms with E-state index >= 15 is 0 Å². The molecule has 0 saturated carbocycles. The number of rotatable bonds is 6. The summed E-state index contributed by atoms with van der Waals surface area (Å²) in [6.45, 7) is 4.65. The first-order valence-electron chi connectivity index (χ1n) is 6.15. The summed E-state index contributed by atoms with van der Waals surface area (Å²) >= 11 is 0. The Bertz CT molecular complexity index is 611. The van der Waals surface area contributed by atoms with Gasteiger partial charge in [-0.2, -0.15) is 4.98 Å². The second kappa shape index (κ2) is 6.00. The molecule has 0 unspecified atom stereocenters. The van der Waals surface area contributed by atoms with E-state index in [1.165, 1.54) is 12.1 Å². The fourth-order valence-corrected chi connectivity index (χ4v) is 1.72. The van der Waals surface area contributed by atoms with E-state index in [4.69, 9.17) is 4.52 Å². The molecule has 106 valence electrons. The minimum absolute atomic E-state index is 0.0234. The van der Waals surface area contributed by atoms with E-state index in [9.17, 15) is 10.1 Å². The number of benzene rings is 1. The summed E-state index contributed by atoms with van der Waals surface area (Å²) in [7, 11) is 0. The van der Waals surface area contributed by atoms with Crippen LogP contribution in [-0.2, 0) is 6.54 Å². The molecule has 20 heavy (non-hydrogen) atoms. The average molecular weight is 277 g/mol. The van der Waals surface area contributed by atoms with Gasteiger partial charge in [0.15, 0.2) is 5.82 Å². The van der Waals surface area contributed by atoms with Gasteiger partial charge in [0.05, 0.1) is 11.5 Å². The van der Waals surface area contributed by atoms with Crippen molar-refractivity contribution in [3.63, 3.8) is 0 Å². The van der Waals surface area contributed by atoms with Crippen molar-refractivity contribution in [2.24, 2.45) is 0 Å². The zero-order valence-electron chi connectivity index (χ0n) is 11.2. The molecule has 0 fully saturated rings. The second-order valence-electron chi connectivity index (χ2n) is 4.14.